The average Bonchev–Trinajstić information content (AvgIpc) is 2.34. The number of carbonyl (C=O) groups is 2. The summed E-state index contributed by atoms with van der Waals surface area (Å²) in [7, 11) is 0. The Kier molecular flexibility index (Phi) is 5.79. The Morgan fingerprint density at radius 2 is 1.95 bits per heavy atom. The lowest BCUT2D eigenvalue weighted by Gasteiger charge is -2.21. The van der Waals surface area contributed by atoms with E-state index in [-0.39, 0.29) is 24.9 Å². The van der Waals surface area contributed by atoms with Crippen molar-refractivity contribution in [2.75, 3.05) is 11.4 Å². The molecule has 1 aromatic rings. The van der Waals surface area contributed by atoms with Crippen LogP contribution in [0.1, 0.15) is 19.8 Å². The van der Waals surface area contributed by atoms with Crippen LogP contribution in [0.25, 0.3) is 0 Å². The van der Waals surface area contributed by atoms with E-state index in [4.69, 9.17) is 22.4 Å². The molecule has 0 aliphatic heterocycles. The molecule has 5 nitrogen and oxygen atoms in total. The van der Waals surface area contributed by atoms with E-state index in [1.165, 1.54) is 4.90 Å². The zero-order chi connectivity index (χ0) is 14.4. The maximum atomic E-state index is 12.0. The van der Waals surface area contributed by atoms with Crippen molar-refractivity contribution in [2.45, 2.75) is 25.8 Å². The van der Waals surface area contributed by atoms with E-state index in [1.807, 2.05) is 0 Å². The highest BCUT2D eigenvalue weighted by atomic mass is 35.5. The maximum Gasteiger partial charge on any atom is 0.323 e. The largest absolute Gasteiger partial charge is 0.480 e. The lowest BCUT2D eigenvalue weighted by molar-refractivity contribution is -0.136. The van der Waals surface area contributed by atoms with Crippen molar-refractivity contribution < 1.29 is 14.7 Å². The van der Waals surface area contributed by atoms with Crippen molar-refractivity contribution in [2.24, 2.45) is 5.73 Å². The molecule has 0 aromatic heterocycles. The van der Waals surface area contributed by atoms with Crippen molar-refractivity contribution in [1.29, 1.82) is 0 Å². The molecule has 1 unspecified atom stereocenters. The zero-order valence-corrected chi connectivity index (χ0v) is 11.4. The van der Waals surface area contributed by atoms with Gasteiger partial charge in [-0.15, -0.1) is 0 Å². The van der Waals surface area contributed by atoms with Gasteiger partial charge in [0.15, 0.2) is 0 Å². The van der Waals surface area contributed by atoms with Crippen molar-refractivity contribution >= 4 is 29.2 Å². The van der Waals surface area contributed by atoms with Crippen LogP contribution in [0.5, 0.6) is 0 Å². The molecule has 0 radical (unpaired) electrons. The van der Waals surface area contributed by atoms with E-state index in [1.54, 1.807) is 31.2 Å². The molecule has 3 N–H and O–H groups in total. The second-order valence-electron chi connectivity index (χ2n) is 4.37. The van der Waals surface area contributed by atoms with Gasteiger partial charge in [-0.3, -0.25) is 9.59 Å². The number of benzene rings is 1. The summed E-state index contributed by atoms with van der Waals surface area (Å²) < 4.78 is 0. The van der Waals surface area contributed by atoms with Crippen LogP contribution in [-0.2, 0) is 9.59 Å². The van der Waals surface area contributed by atoms with E-state index in [0.717, 1.165) is 0 Å². The smallest absolute Gasteiger partial charge is 0.323 e. The molecular weight excluding hydrogens is 268 g/mol. The van der Waals surface area contributed by atoms with Crippen molar-refractivity contribution in [3.05, 3.63) is 29.3 Å². The molecule has 19 heavy (non-hydrogen) atoms. The van der Waals surface area contributed by atoms with E-state index in [2.05, 4.69) is 0 Å². The second-order valence-corrected chi connectivity index (χ2v) is 4.80. The van der Waals surface area contributed by atoms with E-state index < -0.39 is 5.97 Å². The highest BCUT2D eigenvalue weighted by Crippen LogP contribution is 2.19. The number of nitrogens with zero attached hydrogens (tertiary/aromatic N) is 1. The summed E-state index contributed by atoms with van der Waals surface area (Å²) in [5.74, 6) is -1.33. The van der Waals surface area contributed by atoms with Crippen molar-refractivity contribution in [1.82, 2.24) is 0 Å². The first-order valence-corrected chi connectivity index (χ1v) is 6.31. The Balaban J connectivity index is 2.84. The molecule has 1 rings (SSSR count). The number of anilines is 1. The summed E-state index contributed by atoms with van der Waals surface area (Å²) in [6.07, 6.45) is 0.732. The lowest BCUT2D eigenvalue weighted by Crippen LogP contribution is -2.36. The van der Waals surface area contributed by atoms with Gasteiger partial charge in [0.05, 0.1) is 0 Å². The van der Waals surface area contributed by atoms with Crippen LogP contribution >= 0.6 is 11.6 Å². The molecule has 0 saturated heterocycles. The average molecular weight is 285 g/mol. The summed E-state index contributed by atoms with van der Waals surface area (Å²) in [6.45, 7) is 1.43. The first-order chi connectivity index (χ1) is 8.90. The van der Waals surface area contributed by atoms with Gasteiger partial charge in [0, 0.05) is 23.2 Å². The molecule has 0 fully saturated rings. The van der Waals surface area contributed by atoms with Gasteiger partial charge in [0.2, 0.25) is 5.91 Å². The Labute approximate surface area is 117 Å². The quantitative estimate of drug-likeness (QED) is 0.835. The van der Waals surface area contributed by atoms with Gasteiger partial charge in [0.25, 0.3) is 0 Å². The molecule has 0 bridgehead atoms. The maximum absolute atomic E-state index is 12.0. The minimum atomic E-state index is -1.07. The summed E-state index contributed by atoms with van der Waals surface area (Å²) in [4.78, 5) is 24.1. The van der Waals surface area contributed by atoms with Crippen LogP contribution in [-0.4, -0.2) is 29.6 Å². The van der Waals surface area contributed by atoms with Gasteiger partial charge in [-0.2, -0.15) is 0 Å². The number of carbonyl (C=O) groups excluding carboxylic acids is 1. The molecule has 0 aliphatic carbocycles. The van der Waals surface area contributed by atoms with E-state index in [0.29, 0.717) is 17.1 Å². The highest BCUT2D eigenvalue weighted by Gasteiger charge is 2.18. The Hall–Kier alpha value is -1.59. The monoisotopic (exact) mass is 284 g/mol. The minimum absolute atomic E-state index is 0.0964. The molecular formula is C13H17ClN2O3. The summed E-state index contributed by atoms with van der Waals surface area (Å²) >= 11 is 5.77. The number of rotatable bonds is 6. The van der Waals surface area contributed by atoms with Crippen molar-refractivity contribution in [3.8, 4) is 0 Å². The molecule has 0 saturated carbocycles. The summed E-state index contributed by atoms with van der Waals surface area (Å²) in [6, 6.07) is 6.38. The van der Waals surface area contributed by atoms with Crippen LogP contribution in [0, 0.1) is 0 Å². The Morgan fingerprint density at radius 1 is 1.37 bits per heavy atom. The topological polar surface area (TPSA) is 83.6 Å². The summed E-state index contributed by atoms with van der Waals surface area (Å²) in [5.41, 5.74) is 6.11. The van der Waals surface area contributed by atoms with Gasteiger partial charge < -0.3 is 15.7 Å². The zero-order valence-electron chi connectivity index (χ0n) is 10.7. The molecule has 6 heteroatoms. The fourth-order valence-corrected chi connectivity index (χ4v) is 1.69. The molecule has 104 valence electrons. The van der Waals surface area contributed by atoms with Crippen LogP contribution in [0.4, 0.5) is 5.69 Å². The molecule has 1 aromatic carbocycles. The van der Waals surface area contributed by atoms with Crippen LogP contribution in [0.15, 0.2) is 24.3 Å². The number of nitrogens with two attached hydrogens (primary N) is 1. The number of hydrogen-bond acceptors (Lipinski definition) is 3. The molecule has 1 atom stereocenters. The predicted molar refractivity (Wildman–Crippen MR) is 74.3 cm³/mol. The fourth-order valence-electron chi connectivity index (χ4n) is 1.57. The number of hydrogen-bond donors (Lipinski definition) is 2. The van der Waals surface area contributed by atoms with E-state index in [9.17, 15) is 9.59 Å². The number of amides is 1. The van der Waals surface area contributed by atoms with Gasteiger partial charge in [-0.25, -0.2) is 0 Å². The van der Waals surface area contributed by atoms with E-state index >= 15 is 0 Å². The number of aliphatic carboxylic acids is 1. The first-order valence-electron chi connectivity index (χ1n) is 5.93. The second kappa shape index (κ2) is 7.11. The fraction of sp³-hybridized carbons (Fsp3) is 0.385. The van der Waals surface area contributed by atoms with Crippen molar-refractivity contribution in [3.63, 3.8) is 0 Å². The van der Waals surface area contributed by atoms with Crippen LogP contribution in [0.3, 0.4) is 0 Å². The third-order valence-electron chi connectivity index (χ3n) is 2.55. The standard InChI is InChI=1S/C13H17ClN2O3/c1-9(15)2-7-12(17)16(8-13(18)19)11-5-3-10(14)4-6-11/h3-6,9H,2,7-8,15H2,1H3,(H,18,19). The molecule has 0 aliphatic rings. The van der Waals surface area contributed by atoms with Gasteiger partial charge in [0.1, 0.15) is 6.54 Å². The SMILES string of the molecule is CC(N)CCC(=O)N(CC(=O)O)c1ccc(Cl)cc1. The minimum Gasteiger partial charge on any atom is -0.480 e. The molecule has 1 amide bonds. The Bertz CT molecular complexity index is 446. The number of carboxylic acids is 1. The first kappa shape index (κ1) is 15.5. The number of halogens is 1. The Morgan fingerprint density at radius 3 is 2.42 bits per heavy atom. The predicted octanol–water partition coefficient (Wildman–Crippen LogP) is 1.89. The molecule has 0 heterocycles. The lowest BCUT2D eigenvalue weighted by atomic mass is 10.1. The normalized spacial score (nSPS) is 11.9. The molecule has 0 spiro atoms. The van der Waals surface area contributed by atoms with Gasteiger partial charge in [-0.1, -0.05) is 11.6 Å². The van der Waals surface area contributed by atoms with Gasteiger partial charge >= 0.3 is 5.97 Å². The van der Waals surface area contributed by atoms with Gasteiger partial charge in [-0.05, 0) is 37.6 Å². The third kappa shape index (κ3) is 5.28. The number of carboxylic acid groups (broad SMARTS) is 1. The highest BCUT2D eigenvalue weighted by molar-refractivity contribution is 6.30. The van der Waals surface area contributed by atoms with Crippen LogP contribution in [0.2, 0.25) is 5.02 Å². The summed E-state index contributed by atoms with van der Waals surface area (Å²) in [5, 5.41) is 9.41. The third-order valence-corrected chi connectivity index (χ3v) is 2.80. The van der Waals surface area contributed by atoms with Crippen LogP contribution < -0.4 is 10.6 Å².